The lowest BCUT2D eigenvalue weighted by Gasteiger charge is -2.06. The zero-order chi connectivity index (χ0) is 15.7. The van der Waals surface area contributed by atoms with E-state index in [0.29, 0.717) is 23.3 Å². The van der Waals surface area contributed by atoms with Gasteiger partial charge in [-0.2, -0.15) is 0 Å². The standard InChI is InChI=1S/C14H26N2O3S2/c1-12(2)15-11-13-7-8-14(20-13)21(17,18)16-9-5-4-6-10-19-3/h7-8,12,15-16H,4-6,9-11H2,1-3H3. The molecule has 1 aromatic heterocycles. The summed E-state index contributed by atoms with van der Waals surface area (Å²) in [6.07, 6.45) is 2.75. The van der Waals surface area contributed by atoms with E-state index in [4.69, 9.17) is 4.74 Å². The van der Waals surface area contributed by atoms with E-state index >= 15 is 0 Å². The van der Waals surface area contributed by atoms with Crippen LogP contribution >= 0.6 is 11.3 Å². The Morgan fingerprint density at radius 2 is 2.00 bits per heavy atom. The van der Waals surface area contributed by atoms with Crippen LogP contribution in [0.4, 0.5) is 0 Å². The SMILES string of the molecule is COCCCCCNS(=O)(=O)c1ccc(CNC(C)C)s1. The Bertz CT molecular complexity index is 498. The van der Waals surface area contributed by atoms with Crippen molar-refractivity contribution in [3.05, 3.63) is 17.0 Å². The van der Waals surface area contributed by atoms with Crippen molar-refractivity contribution >= 4 is 21.4 Å². The molecular formula is C14H26N2O3S2. The van der Waals surface area contributed by atoms with Crippen molar-refractivity contribution in [2.75, 3.05) is 20.3 Å². The number of unbranched alkanes of at least 4 members (excludes halogenated alkanes) is 2. The lowest BCUT2D eigenvalue weighted by atomic mass is 10.2. The first-order valence-electron chi connectivity index (χ1n) is 7.26. The molecule has 0 unspecified atom stereocenters. The van der Waals surface area contributed by atoms with Crippen LogP contribution in [0.25, 0.3) is 0 Å². The summed E-state index contributed by atoms with van der Waals surface area (Å²) < 4.78 is 32.3. The van der Waals surface area contributed by atoms with Crippen molar-refractivity contribution in [2.45, 2.75) is 49.9 Å². The molecule has 1 rings (SSSR count). The number of ether oxygens (including phenoxy) is 1. The summed E-state index contributed by atoms with van der Waals surface area (Å²) >= 11 is 1.32. The molecule has 0 bridgehead atoms. The van der Waals surface area contributed by atoms with Crippen LogP contribution in [-0.2, 0) is 21.3 Å². The van der Waals surface area contributed by atoms with Gasteiger partial charge in [-0.05, 0) is 31.4 Å². The fourth-order valence-corrected chi connectivity index (χ4v) is 4.15. The van der Waals surface area contributed by atoms with Crippen LogP contribution in [0.2, 0.25) is 0 Å². The van der Waals surface area contributed by atoms with Gasteiger partial charge in [-0.25, -0.2) is 13.1 Å². The fourth-order valence-electron chi connectivity index (χ4n) is 1.73. The molecule has 0 fully saturated rings. The number of hydrogen-bond donors (Lipinski definition) is 2. The van der Waals surface area contributed by atoms with E-state index in [2.05, 4.69) is 23.9 Å². The number of methoxy groups -OCH3 is 1. The minimum absolute atomic E-state index is 0.386. The van der Waals surface area contributed by atoms with Crippen molar-refractivity contribution < 1.29 is 13.2 Å². The van der Waals surface area contributed by atoms with Crippen molar-refractivity contribution in [2.24, 2.45) is 0 Å². The zero-order valence-electron chi connectivity index (χ0n) is 13.0. The molecule has 0 radical (unpaired) electrons. The molecule has 21 heavy (non-hydrogen) atoms. The van der Waals surface area contributed by atoms with E-state index in [1.807, 2.05) is 6.07 Å². The summed E-state index contributed by atoms with van der Waals surface area (Å²) in [7, 11) is -1.69. The summed E-state index contributed by atoms with van der Waals surface area (Å²) in [6.45, 7) is 6.04. The minimum atomic E-state index is -3.36. The van der Waals surface area contributed by atoms with E-state index in [1.54, 1.807) is 13.2 Å². The highest BCUT2D eigenvalue weighted by Gasteiger charge is 2.16. The number of nitrogens with one attached hydrogen (secondary N) is 2. The maximum absolute atomic E-state index is 12.1. The number of hydrogen-bond acceptors (Lipinski definition) is 5. The molecule has 0 atom stereocenters. The average molecular weight is 335 g/mol. The van der Waals surface area contributed by atoms with E-state index in [0.717, 1.165) is 30.7 Å². The third-order valence-corrected chi connectivity index (χ3v) is 5.94. The van der Waals surface area contributed by atoms with Crippen LogP contribution in [0.5, 0.6) is 0 Å². The highest BCUT2D eigenvalue weighted by molar-refractivity contribution is 7.91. The molecular weight excluding hydrogens is 308 g/mol. The van der Waals surface area contributed by atoms with Crippen molar-refractivity contribution in [1.82, 2.24) is 10.0 Å². The molecule has 1 heterocycles. The summed E-state index contributed by atoms with van der Waals surface area (Å²) in [5.41, 5.74) is 0. The summed E-state index contributed by atoms with van der Waals surface area (Å²) in [5, 5.41) is 3.28. The average Bonchev–Trinajstić information content (AvgIpc) is 2.90. The van der Waals surface area contributed by atoms with Gasteiger partial charge in [-0.1, -0.05) is 13.8 Å². The molecule has 0 aliphatic carbocycles. The molecule has 5 nitrogen and oxygen atoms in total. The van der Waals surface area contributed by atoms with E-state index < -0.39 is 10.0 Å². The Balaban J connectivity index is 2.40. The maximum Gasteiger partial charge on any atom is 0.250 e. The number of rotatable bonds is 11. The van der Waals surface area contributed by atoms with Crippen molar-refractivity contribution in [3.8, 4) is 0 Å². The van der Waals surface area contributed by atoms with Crippen molar-refractivity contribution in [1.29, 1.82) is 0 Å². The Morgan fingerprint density at radius 3 is 2.67 bits per heavy atom. The van der Waals surface area contributed by atoms with E-state index in [-0.39, 0.29) is 0 Å². The molecule has 7 heteroatoms. The van der Waals surface area contributed by atoms with Gasteiger partial charge in [0.25, 0.3) is 0 Å². The summed E-state index contributed by atoms with van der Waals surface area (Å²) in [6, 6.07) is 3.93. The molecule has 0 spiro atoms. The van der Waals surface area contributed by atoms with Gasteiger partial charge < -0.3 is 10.1 Å². The van der Waals surface area contributed by atoms with Gasteiger partial charge in [-0.15, -0.1) is 11.3 Å². The molecule has 0 saturated carbocycles. The van der Waals surface area contributed by atoms with E-state index in [1.165, 1.54) is 11.3 Å². The van der Waals surface area contributed by atoms with Crippen LogP contribution < -0.4 is 10.0 Å². The molecule has 0 aliphatic heterocycles. The van der Waals surface area contributed by atoms with Gasteiger partial charge in [0.05, 0.1) is 0 Å². The van der Waals surface area contributed by atoms with Crippen LogP contribution in [0.1, 0.15) is 38.0 Å². The molecule has 1 aromatic rings. The number of thiophene rings is 1. The van der Waals surface area contributed by atoms with Gasteiger partial charge >= 0.3 is 0 Å². The predicted octanol–water partition coefficient (Wildman–Crippen LogP) is 2.34. The second-order valence-electron chi connectivity index (χ2n) is 5.21. The first-order chi connectivity index (χ1) is 9.95. The first kappa shape index (κ1) is 18.6. The third kappa shape index (κ3) is 7.37. The van der Waals surface area contributed by atoms with Gasteiger partial charge in [0.15, 0.2) is 0 Å². The second kappa shape index (κ2) is 9.53. The predicted molar refractivity (Wildman–Crippen MR) is 87.2 cm³/mol. The second-order valence-corrected chi connectivity index (χ2v) is 8.37. The monoisotopic (exact) mass is 334 g/mol. The molecule has 0 aromatic carbocycles. The Kier molecular flexibility index (Phi) is 8.43. The van der Waals surface area contributed by atoms with Gasteiger partial charge in [0, 0.05) is 37.7 Å². The normalized spacial score (nSPS) is 12.2. The van der Waals surface area contributed by atoms with Crippen LogP contribution in [0.3, 0.4) is 0 Å². The number of sulfonamides is 1. The minimum Gasteiger partial charge on any atom is -0.385 e. The van der Waals surface area contributed by atoms with Gasteiger partial charge in [-0.3, -0.25) is 0 Å². The molecule has 0 amide bonds. The van der Waals surface area contributed by atoms with Crippen molar-refractivity contribution in [3.63, 3.8) is 0 Å². The summed E-state index contributed by atoms with van der Waals surface area (Å²) in [4.78, 5) is 1.03. The molecule has 0 saturated heterocycles. The molecule has 0 aliphatic rings. The highest BCUT2D eigenvalue weighted by Crippen LogP contribution is 2.21. The smallest absolute Gasteiger partial charge is 0.250 e. The Morgan fingerprint density at radius 1 is 1.24 bits per heavy atom. The fraction of sp³-hybridized carbons (Fsp3) is 0.714. The Labute approximate surface area is 132 Å². The Hall–Kier alpha value is -0.470. The van der Waals surface area contributed by atoms with Gasteiger partial charge in [0.1, 0.15) is 4.21 Å². The van der Waals surface area contributed by atoms with Gasteiger partial charge in [0.2, 0.25) is 10.0 Å². The zero-order valence-corrected chi connectivity index (χ0v) is 14.6. The van der Waals surface area contributed by atoms with E-state index in [9.17, 15) is 8.42 Å². The van der Waals surface area contributed by atoms with Crippen LogP contribution in [0, 0.1) is 0 Å². The van der Waals surface area contributed by atoms with Crippen LogP contribution in [0.15, 0.2) is 16.3 Å². The topological polar surface area (TPSA) is 67.4 Å². The maximum atomic E-state index is 12.1. The highest BCUT2D eigenvalue weighted by atomic mass is 32.2. The lowest BCUT2D eigenvalue weighted by molar-refractivity contribution is 0.192. The molecule has 2 N–H and O–H groups in total. The largest absolute Gasteiger partial charge is 0.385 e. The molecule has 122 valence electrons. The first-order valence-corrected chi connectivity index (χ1v) is 9.56. The quantitative estimate of drug-likeness (QED) is 0.610. The third-order valence-electron chi connectivity index (χ3n) is 2.90. The summed E-state index contributed by atoms with van der Waals surface area (Å²) in [5.74, 6) is 0. The lowest BCUT2D eigenvalue weighted by Crippen LogP contribution is -2.24. The van der Waals surface area contributed by atoms with Crippen LogP contribution in [-0.4, -0.2) is 34.7 Å².